The number of nitro groups is 2. The van der Waals surface area contributed by atoms with Gasteiger partial charge in [-0.05, 0) is 19.0 Å². The quantitative estimate of drug-likeness (QED) is 0.590. The summed E-state index contributed by atoms with van der Waals surface area (Å²) in [5, 5.41) is 21.4. The van der Waals surface area contributed by atoms with Gasteiger partial charge in [0, 0.05) is 28.2 Å². The first-order valence-corrected chi connectivity index (χ1v) is 6.91. The molecule has 1 aromatic carbocycles. The number of rotatable bonds is 7. The monoisotopic (exact) mass is 287 g/mol. The van der Waals surface area contributed by atoms with Crippen LogP contribution in [0.25, 0.3) is 0 Å². The van der Waals surface area contributed by atoms with E-state index in [2.05, 4.69) is 0 Å². The Morgan fingerprint density at radius 1 is 1.21 bits per heavy atom. The molecule has 2 N–H and O–H groups in total. The highest BCUT2D eigenvalue weighted by Crippen LogP contribution is 2.25. The molecule has 0 aliphatic carbocycles. The molecular weight excluding hydrogens is 274 g/mol. The predicted molar refractivity (Wildman–Crippen MR) is 70.1 cm³/mol. The van der Waals surface area contributed by atoms with Gasteiger partial charge in [0.25, 0.3) is 11.4 Å². The van der Waals surface area contributed by atoms with Gasteiger partial charge in [-0.2, -0.15) is 0 Å². The second-order valence-corrected chi connectivity index (χ2v) is 5.33. The lowest BCUT2D eigenvalue weighted by Crippen LogP contribution is -2.08. The van der Waals surface area contributed by atoms with Crippen molar-refractivity contribution in [3.05, 3.63) is 44.0 Å². The highest BCUT2D eigenvalue weighted by atomic mass is 32.2. The zero-order chi connectivity index (χ0) is 14.4. The summed E-state index contributed by atoms with van der Waals surface area (Å²) < 4.78 is 11.7. The minimum Gasteiger partial charge on any atom is -0.330 e. The number of benzene rings is 1. The molecular formula is C10H13N3O5S. The molecule has 0 aliphatic heterocycles. The van der Waals surface area contributed by atoms with Gasteiger partial charge in [0.15, 0.2) is 0 Å². The molecule has 0 amide bonds. The Bertz CT molecular complexity index is 520. The van der Waals surface area contributed by atoms with Crippen LogP contribution < -0.4 is 5.73 Å². The molecule has 0 aromatic heterocycles. The molecule has 1 atom stereocenters. The Balaban J connectivity index is 2.97. The summed E-state index contributed by atoms with van der Waals surface area (Å²) in [4.78, 5) is 20.0. The lowest BCUT2D eigenvalue weighted by Gasteiger charge is -2.03. The van der Waals surface area contributed by atoms with E-state index in [4.69, 9.17) is 5.73 Å². The maximum absolute atomic E-state index is 11.7. The van der Waals surface area contributed by atoms with Gasteiger partial charge < -0.3 is 5.73 Å². The highest BCUT2D eigenvalue weighted by molar-refractivity contribution is 7.84. The number of hydrogen-bond donors (Lipinski definition) is 1. The van der Waals surface area contributed by atoms with Crippen LogP contribution >= 0.6 is 0 Å². The molecule has 0 aliphatic rings. The van der Waals surface area contributed by atoms with Crippen molar-refractivity contribution in [2.75, 3.05) is 12.3 Å². The molecule has 1 rings (SSSR count). The average molecular weight is 287 g/mol. The minimum absolute atomic E-state index is 0.00565. The van der Waals surface area contributed by atoms with Crippen molar-refractivity contribution in [1.82, 2.24) is 0 Å². The average Bonchev–Trinajstić information content (AvgIpc) is 2.36. The zero-order valence-electron chi connectivity index (χ0n) is 9.98. The lowest BCUT2D eigenvalue weighted by molar-refractivity contribution is -0.394. The van der Waals surface area contributed by atoms with Crippen LogP contribution in [0.5, 0.6) is 0 Å². The summed E-state index contributed by atoms with van der Waals surface area (Å²) in [5.41, 5.74) is 4.77. The van der Waals surface area contributed by atoms with E-state index in [1.807, 2.05) is 0 Å². The van der Waals surface area contributed by atoms with Crippen molar-refractivity contribution in [1.29, 1.82) is 0 Å². The molecule has 19 heavy (non-hydrogen) atoms. The third kappa shape index (κ3) is 4.38. The van der Waals surface area contributed by atoms with Crippen molar-refractivity contribution in [3.63, 3.8) is 0 Å². The zero-order valence-corrected chi connectivity index (χ0v) is 10.8. The van der Waals surface area contributed by atoms with Crippen LogP contribution in [0.3, 0.4) is 0 Å². The van der Waals surface area contributed by atoms with Gasteiger partial charge >= 0.3 is 0 Å². The lowest BCUT2D eigenvalue weighted by atomic mass is 10.2. The number of nitro benzene ring substituents is 2. The van der Waals surface area contributed by atoms with Gasteiger partial charge in [0.1, 0.15) is 0 Å². The molecule has 0 fully saturated rings. The molecule has 9 heteroatoms. The summed E-state index contributed by atoms with van der Waals surface area (Å²) >= 11 is 0. The Labute approximate surface area is 111 Å². The fourth-order valence-corrected chi connectivity index (χ4v) is 2.67. The molecule has 1 aromatic rings. The molecule has 1 unspecified atom stereocenters. The van der Waals surface area contributed by atoms with Crippen LogP contribution in [-0.2, 0) is 16.6 Å². The third-order valence-electron chi connectivity index (χ3n) is 2.37. The van der Waals surface area contributed by atoms with Crippen LogP contribution in [-0.4, -0.2) is 26.4 Å². The fourth-order valence-electron chi connectivity index (χ4n) is 1.45. The first-order valence-electron chi connectivity index (χ1n) is 5.42. The second kappa shape index (κ2) is 6.90. The molecule has 0 saturated carbocycles. The molecule has 0 heterocycles. The Hall–Kier alpha value is -1.87. The Kier molecular flexibility index (Phi) is 5.52. The van der Waals surface area contributed by atoms with E-state index in [1.54, 1.807) is 0 Å². The van der Waals surface area contributed by atoms with Crippen LogP contribution in [0.1, 0.15) is 12.0 Å². The van der Waals surface area contributed by atoms with Crippen LogP contribution in [0, 0.1) is 20.2 Å². The highest BCUT2D eigenvalue weighted by Gasteiger charge is 2.20. The van der Waals surface area contributed by atoms with E-state index in [0.29, 0.717) is 18.7 Å². The normalized spacial score (nSPS) is 12.1. The molecule has 104 valence electrons. The van der Waals surface area contributed by atoms with Gasteiger partial charge in [0.05, 0.1) is 21.7 Å². The molecule has 0 spiro atoms. The minimum atomic E-state index is -1.27. The summed E-state index contributed by atoms with van der Waals surface area (Å²) in [5.74, 6) is 0.346. The number of nitrogens with zero attached hydrogens (tertiary/aromatic N) is 2. The maximum Gasteiger partial charge on any atom is 0.280 e. The van der Waals surface area contributed by atoms with Gasteiger partial charge in [-0.15, -0.1) is 0 Å². The van der Waals surface area contributed by atoms with Gasteiger partial charge in [-0.3, -0.25) is 24.4 Å². The number of hydrogen-bond acceptors (Lipinski definition) is 6. The predicted octanol–water partition coefficient (Wildman–Crippen LogP) is 1.10. The summed E-state index contributed by atoms with van der Waals surface area (Å²) in [6, 6.07) is 3.33. The smallest absolute Gasteiger partial charge is 0.280 e. The van der Waals surface area contributed by atoms with E-state index in [9.17, 15) is 24.4 Å². The van der Waals surface area contributed by atoms with E-state index in [0.717, 1.165) is 6.07 Å². The van der Waals surface area contributed by atoms with Crippen molar-refractivity contribution in [2.45, 2.75) is 12.2 Å². The van der Waals surface area contributed by atoms with Crippen molar-refractivity contribution >= 4 is 22.2 Å². The first kappa shape index (κ1) is 15.2. The summed E-state index contributed by atoms with van der Waals surface area (Å²) in [6.07, 6.45) is 0.563. The summed E-state index contributed by atoms with van der Waals surface area (Å²) in [7, 11) is -1.27. The largest absolute Gasteiger partial charge is 0.330 e. The van der Waals surface area contributed by atoms with Crippen molar-refractivity contribution in [2.24, 2.45) is 5.73 Å². The molecule has 8 nitrogen and oxygen atoms in total. The second-order valence-electron chi connectivity index (χ2n) is 3.76. The first-order chi connectivity index (χ1) is 8.95. The molecule has 0 saturated heterocycles. The third-order valence-corrected chi connectivity index (χ3v) is 3.75. The van der Waals surface area contributed by atoms with Gasteiger partial charge in [-0.1, -0.05) is 0 Å². The number of nitrogens with two attached hydrogens (primary N) is 1. The molecule has 0 radical (unpaired) electrons. The fraction of sp³-hybridized carbons (Fsp3) is 0.400. The van der Waals surface area contributed by atoms with Crippen LogP contribution in [0.2, 0.25) is 0 Å². The maximum atomic E-state index is 11.7. The van der Waals surface area contributed by atoms with Crippen LogP contribution in [0.4, 0.5) is 11.4 Å². The van der Waals surface area contributed by atoms with E-state index >= 15 is 0 Å². The Morgan fingerprint density at radius 2 is 1.89 bits per heavy atom. The van der Waals surface area contributed by atoms with E-state index < -0.39 is 20.6 Å². The van der Waals surface area contributed by atoms with Crippen molar-refractivity contribution in [3.8, 4) is 0 Å². The summed E-state index contributed by atoms with van der Waals surface area (Å²) in [6.45, 7) is 0.397. The van der Waals surface area contributed by atoms with Gasteiger partial charge in [0.2, 0.25) is 0 Å². The topological polar surface area (TPSA) is 129 Å². The van der Waals surface area contributed by atoms with Gasteiger partial charge in [-0.25, -0.2) is 0 Å². The Morgan fingerprint density at radius 3 is 2.42 bits per heavy atom. The van der Waals surface area contributed by atoms with Crippen molar-refractivity contribution < 1.29 is 14.1 Å². The van der Waals surface area contributed by atoms with E-state index in [1.165, 1.54) is 12.1 Å². The number of non-ortho nitro benzene ring substituents is 1. The van der Waals surface area contributed by atoms with Crippen LogP contribution in [0.15, 0.2) is 18.2 Å². The standard InChI is InChI=1S/C10H13N3O5S/c11-4-1-5-19(18)7-8-2-3-9(12(14)15)6-10(8)13(16)17/h2-3,6H,1,4-5,7,11H2. The SMILES string of the molecule is NCCCS(=O)Cc1ccc([N+](=O)[O-])cc1[N+](=O)[O-]. The van der Waals surface area contributed by atoms with E-state index in [-0.39, 0.29) is 22.7 Å². The molecule has 0 bridgehead atoms.